The monoisotopic (exact) mass is 472 g/mol. The van der Waals surface area contributed by atoms with E-state index in [0.29, 0.717) is 5.56 Å². The molecule has 0 amide bonds. The van der Waals surface area contributed by atoms with Crippen molar-refractivity contribution in [1.82, 2.24) is 0 Å². The highest BCUT2D eigenvalue weighted by Crippen LogP contribution is 2.54. The van der Waals surface area contributed by atoms with Crippen LogP contribution in [0.1, 0.15) is 37.5 Å². The van der Waals surface area contributed by atoms with E-state index in [9.17, 15) is 43.9 Å². The standard InChI is InChI=1S/C22H18F10/c1-18(2,3)14-10-8-13(9-11-14)16(15-6-4-5-7-17(15)23)12-19(24,25)20(26,27)21(28,29)22(30,31)32/h4-12H,1-3H3/b16-12-. The van der Waals surface area contributed by atoms with Crippen LogP contribution in [0.2, 0.25) is 0 Å². The van der Waals surface area contributed by atoms with Crippen LogP contribution >= 0.6 is 0 Å². The largest absolute Gasteiger partial charge is 0.460 e. The average Bonchev–Trinajstić information content (AvgIpc) is 2.65. The first-order chi connectivity index (χ1) is 14.3. The van der Waals surface area contributed by atoms with E-state index in [0.717, 1.165) is 36.4 Å². The minimum absolute atomic E-state index is 0.283. The van der Waals surface area contributed by atoms with Crippen LogP contribution in [0.25, 0.3) is 5.57 Å². The first-order valence-electron chi connectivity index (χ1n) is 9.12. The molecule has 0 heterocycles. The summed E-state index contributed by atoms with van der Waals surface area (Å²) >= 11 is 0. The summed E-state index contributed by atoms with van der Waals surface area (Å²) < 4.78 is 134. The summed E-state index contributed by atoms with van der Waals surface area (Å²) in [6.45, 7) is 5.43. The van der Waals surface area contributed by atoms with Gasteiger partial charge in [-0.05, 0) is 34.3 Å². The molecular formula is C22H18F10. The molecule has 0 unspecified atom stereocenters. The minimum Gasteiger partial charge on any atom is -0.206 e. The van der Waals surface area contributed by atoms with Crippen molar-refractivity contribution in [2.45, 2.75) is 50.1 Å². The zero-order chi connectivity index (χ0) is 24.8. The van der Waals surface area contributed by atoms with Crippen molar-refractivity contribution in [3.05, 3.63) is 77.1 Å². The average molecular weight is 472 g/mol. The van der Waals surface area contributed by atoms with Gasteiger partial charge in [-0.25, -0.2) is 4.39 Å². The molecule has 0 aliphatic carbocycles. The molecule has 2 aromatic carbocycles. The molecule has 0 fully saturated rings. The van der Waals surface area contributed by atoms with Gasteiger partial charge in [0.2, 0.25) is 0 Å². The Morgan fingerprint density at radius 2 is 1.19 bits per heavy atom. The van der Waals surface area contributed by atoms with Gasteiger partial charge in [0, 0.05) is 5.56 Å². The van der Waals surface area contributed by atoms with Crippen LogP contribution in [-0.4, -0.2) is 23.9 Å². The molecule has 10 heteroatoms. The molecule has 176 valence electrons. The van der Waals surface area contributed by atoms with Gasteiger partial charge < -0.3 is 0 Å². The Kier molecular flexibility index (Phi) is 6.53. The first-order valence-corrected chi connectivity index (χ1v) is 9.12. The summed E-state index contributed by atoms with van der Waals surface area (Å²) in [5.74, 6) is -21.1. The Bertz CT molecular complexity index is 977. The fraction of sp³-hybridized carbons (Fsp3) is 0.364. The lowest BCUT2D eigenvalue weighted by molar-refractivity contribution is -0.388. The Morgan fingerprint density at radius 3 is 1.62 bits per heavy atom. The first kappa shape index (κ1) is 25.7. The number of benzene rings is 2. The summed E-state index contributed by atoms with van der Waals surface area (Å²) in [5.41, 5.74) is -1.66. The number of halogens is 10. The summed E-state index contributed by atoms with van der Waals surface area (Å²) in [6.07, 6.45) is -7.70. The number of hydrogen-bond acceptors (Lipinski definition) is 0. The van der Waals surface area contributed by atoms with Crippen molar-refractivity contribution >= 4 is 5.57 Å². The van der Waals surface area contributed by atoms with Gasteiger partial charge in [0.25, 0.3) is 0 Å². The quantitative estimate of drug-likeness (QED) is 0.387. The Hall–Kier alpha value is -2.52. The third-order valence-electron chi connectivity index (χ3n) is 4.72. The molecule has 0 radical (unpaired) electrons. The van der Waals surface area contributed by atoms with Crippen LogP contribution < -0.4 is 0 Å². The molecule has 2 aromatic rings. The normalized spacial score (nSPS) is 14.6. The van der Waals surface area contributed by atoms with E-state index < -0.39 is 52.4 Å². The van der Waals surface area contributed by atoms with Crippen LogP contribution in [0.3, 0.4) is 0 Å². The van der Waals surface area contributed by atoms with E-state index >= 15 is 0 Å². The lowest BCUT2D eigenvalue weighted by atomic mass is 9.85. The number of hydrogen-bond donors (Lipinski definition) is 0. The van der Waals surface area contributed by atoms with Gasteiger partial charge in [-0.15, -0.1) is 0 Å². The van der Waals surface area contributed by atoms with Crippen molar-refractivity contribution in [1.29, 1.82) is 0 Å². The van der Waals surface area contributed by atoms with E-state index in [4.69, 9.17) is 0 Å². The molecule has 2 rings (SSSR count). The molecule has 0 saturated heterocycles. The molecule has 0 aliphatic rings. The molecule has 0 saturated carbocycles. The summed E-state index contributed by atoms with van der Waals surface area (Å²) in [6, 6.07) is 9.20. The molecule has 0 nitrogen and oxygen atoms in total. The van der Waals surface area contributed by atoms with Gasteiger partial charge in [0.15, 0.2) is 0 Å². The Balaban J connectivity index is 2.74. The topological polar surface area (TPSA) is 0 Å². The summed E-state index contributed by atoms with van der Waals surface area (Å²) in [4.78, 5) is 0. The second kappa shape index (κ2) is 8.12. The van der Waals surface area contributed by atoms with Gasteiger partial charge in [-0.3, -0.25) is 0 Å². The highest BCUT2D eigenvalue weighted by Gasteiger charge is 2.81. The molecule has 0 aromatic heterocycles. The predicted molar refractivity (Wildman–Crippen MR) is 99.5 cm³/mol. The van der Waals surface area contributed by atoms with Crippen LogP contribution in [0.5, 0.6) is 0 Å². The second-order valence-electron chi connectivity index (χ2n) is 8.13. The van der Waals surface area contributed by atoms with Gasteiger partial charge >= 0.3 is 23.9 Å². The van der Waals surface area contributed by atoms with E-state index in [1.54, 1.807) is 0 Å². The smallest absolute Gasteiger partial charge is 0.206 e. The van der Waals surface area contributed by atoms with Crippen LogP contribution in [0.4, 0.5) is 43.9 Å². The van der Waals surface area contributed by atoms with Gasteiger partial charge in [0.05, 0.1) is 0 Å². The summed E-state index contributed by atoms with van der Waals surface area (Å²) in [5, 5.41) is 0. The highest BCUT2D eigenvalue weighted by atomic mass is 19.4. The van der Waals surface area contributed by atoms with Crippen LogP contribution in [0.15, 0.2) is 54.6 Å². The van der Waals surface area contributed by atoms with E-state index in [1.165, 1.54) is 12.1 Å². The molecule has 0 N–H and O–H groups in total. The summed E-state index contributed by atoms with van der Waals surface area (Å²) in [7, 11) is 0. The maximum Gasteiger partial charge on any atom is 0.460 e. The fourth-order valence-corrected chi connectivity index (χ4v) is 2.81. The van der Waals surface area contributed by atoms with Gasteiger partial charge in [-0.2, -0.15) is 39.5 Å². The fourth-order valence-electron chi connectivity index (χ4n) is 2.81. The minimum atomic E-state index is -7.05. The molecule has 0 aliphatic heterocycles. The van der Waals surface area contributed by atoms with Crippen molar-refractivity contribution in [2.24, 2.45) is 0 Å². The van der Waals surface area contributed by atoms with Crippen molar-refractivity contribution < 1.29 is 43.9 Å². The van der Waals surface area contributed by atoms with E-state index in [1.807, 2.05) is 20.8 Å². The van der Waals surface area contributed by atoms with Crippen LogP contribution in [-0.2, 0) is 5.41 Å². The lowest BCUT2D eigenvalue weighted by Gasteiger charge is -2.32. The third kappa shape index (κ3) is 4.63. The van der Waals surface area contributed by atoms with E-state index in [-0.39, 0.29) is 5.56 Å². The zero-order valence-electron chi connectivity index (χ0n) is 17.0. The SMILES string of the molecule is CC(C)(C)c1ccc(/C(=C/C(F)(F)C(F)(F)C(F)(F)C(F)(F)F)c2ccccc2F)cc1. The van der Waals surface area contributed by atoms with Crippen molar-refractivity contribution in [3.8, 4) is 0 Å². The lowest BCUT2D eigenvalue weighted by Crippen LogP contribution is -2.60. The molecule has 0 atom stereocenters. The van der Waals surface area contributed by atoms with Crippen LogP contribution in [0, 0.1) is 5.82 Å². The zero-order valence-corrected chi connectivity index (χ0v) is 17.0. The predicted octanol–water partition coefficient (Wildman–Crippen LogP) is 8.02. The highest BCUT2D eigenvalue weighted by molar-refractivity contribution is 5.81. The number of rotatable bonds is 5. The number of alkyl halides is 9. The molecule has 32 heavy (non-hydrogen) atoms. The van der Waals surface area contributed by atoms with Crippen molar-refractivity contribution in [2.75, 3.05) is 0 Å². The maximum absolute atomic E-state index is 14.3. The van der Waals surface area contributed by atoms with Crippen molar-refractivity contribution in [3.63, 3.8) is 0 Å². The number of allylic oxidation sites excluding steroid dienone is 1. The maximum atomic E-state index is 14.3. The second-order valence-corrected chi connectivity index (χ2v) is 8.13. The van der Waals surface area contributed by atoms with Gasteiger partial charge in [-0.1, -0.05) is 63.2 Å². The third-order valence-corrected chi connectivity index (χ3v) is 4.72. The molecule has 0 spiro atoms. The van der Waals surface area contributed by atoms with Gasteiger partial charge in [0.1, 0.15) is 5.82 Å². The Labute approximate surface area is 177 Å². The van der Waals surface area contributed by atoms with E-state index in [2.05, 4.69) is 0 Å². The molecule has 0 bridgehead atoms. The Morgan fingerprint density at radius 1 is 0.688 bits per heavy atom. The molecular weight excluding hydrogens is 454 g/mol.